The molecule has 0 saturated carbocycles. The largest absolute Gasteiger partial charge is 0.456 e. The molecule has 0 aliphatic rings. The van der Waals surface area contributed by atoms with Crippen LogP contribution in [-0.4, -0.2) is 19.5 Å². The van der Waals surface area contributed by atoms with Gasteiger partial charge in [-0.2, -0.15) is 9.97 Å². The maximum absolute atomic E-state index is 6.42. The summed E-state index contributed by atoms with van der Waals surface area (Å²) in [5.74, 6) is 1.66. The molecule has 0 spiro atoms. The van der Waals surface area contributed by atoms with Gasteiger partial charge in [-0.05, 0) is 75.6 Å². The first-order valence-electron chi connectivity index (χ1n) is 19.8. The third kappa shape index (κ3) is 4.84. The fraction of sp³-hybridized carbons (Fsp3) is 0. The second-order valence-electron chi connectivity index (χ2n) is 15.2. The zero-order valence-corrected chi connectivity index (χ0v) is 31.4. The molecule has 6 heteroatoms. The number of aromatic nitrogens is 4. The van der Waals surface area contributed by atoms with Gasteiger partial charge in [-0.3, -0.25) is 4.57 Å². The molecule has 0 saturated heterocycles. The van der Waals surface area contributed by atoms with E-state index in [4.69, 9.17) is 23.8 Å². The maximum Gasteiger partial charge on any atom is 0.238 e. The van der Waals surface area contributed by atoms with E-state index in [1.165, 1.54) is 5.39 Å². The van der Waals surface area contributed by atoms with Crippen LogP contribution in [-0.2, 0) is 0 Å². The fourth-order valence-corrected chi connectivity index (χ4v) is 9.09. The summed E-state index contributed by atoms with van der Waals surface area (Å²) >= 11 is 0. The van der Waals surface area contributed by atoms with Gasteiger partial charge in [-0.15, -0.1) is 0 Å². The Morgan fingerprint density at radius 3 is 1.76 bits per heavy atom. The van der Waals surface area contributed by atoms with Crippen LogP contribution in [0.15, 0.2) is 191 Å². The summed E-state index contributed by atoms with van der Waals surface area (Å²) in [7, 11) is 0. The number of para-hydroxylation sites is 3. The summed E-state index contributed by atoms with van der Waals surface area (Å²) in [5.41, 5.74) is 9.21. The number of benzene rings is 9. The van der Waals surface area contributed by atoms with Crippen molar-refractivity contribution in [3.8, 4) is 39.9 Å². The highest BCUT2D eigenvalue weighted by atomic mass is 16.3. The molecule has 59 heavy (non-hydrogen) atoms. The topological polar surface area (TPSA) is 69.9 Å². The normalized spacial score (nSPS) is 12.1. The third-order valence-electron chi connectivity index (χ3n) is 11.8. The molecule has 274 valence electrons. The average Bonchev–Trinajstić information content (AvgIpc) is 3.97. The minimum Gasteiger partial charge on any atom is -0.456 e. The minimum atomic E-state index is 0.523. The molecule has 0 aliphatic carbocycles. The van der Waals surface area contributed by atoms with Crippen molar-refractivity contribution in [2.24, 2.45) is 0 Å². The van der Waals surface area contributed by atoms with Gasteiger partial charge in [0.05, 0.1) is 11.0 Å². The van der Waals surface area contributed by atoms with Crippen LogP contribution in [0, 0.1) is 0 Å². The van der Waals surface area contributed by atoms with Crippen LogP contribution in [0.5, 0.6) is 0 Å². The van der Waals surface area contributed by atoms with Crippen LogP contribution < -0.4 is 0 Å². The molecule has 6 nitrogen and oxygen atoms in total. The lowest BCUT2D eigenvalue weighted by Crippen LogP contribution is -2.07. The zero-order valence-electron chi connectivity index (χ0n) is 31.4. The lowest BCUT2D eigenvalue weighted by Gasteiger charge is -2.14. The first kappa shape index (κ1) is 32.0. The predicted molar refractivity (Wildman–Crippen MR) is 240 cm³/mol. The van der Waals surface area contributed by atoms with Gasteiger partial charge in [-0.1, -0.05) is 133 Å². The number of nitrogens with zero attached hydrogens (tertiary/aromatic N) is 4. The van der Waals surface area contributed by atoms with E-state index >= 15 is 0 Å². The molecule has 0 amide bonds. The van der Waals surface area contributed by atoms with Gasteiger partial charge >= 0.3 is 0 Å². The van der Waals surface area contributed by atoms with Crippen LogP contribution in [0.25, 0.3) is 127 Å². The molecular weight excluding hydrogens is 725 g/mol. The molecule has 0 bridgehead atoms. The first-order chi connectivity index (χ1) is 29.2. The van der Waals surface area contributed by atoms with Crippen LogP contribution in [0.4, 0.5) is 0 Å². The van der Waals surface area contributed by atoms with Crippen LogP contribution in [0.3, 0.4) is 0 Å². The highest BCUT2D eigenvalue weighted by Crippen LogP contribution is 2.44. The summed E-state index contributed by atoms with van der Waals surface area (Å²) < 4.78 is 15.0. The number of fused-ring (bicyclic) bond motifs is 11. The van der Waals surface area contributed by atoms with Gasteiger partial charge in [0.25, 0.3) is 0 Å². The standard InChI is InChI=1S/C53H30N4O2/c1-2-12-32-27-35(24-23-31(32)11-1)51-54-52(36-25-26-38-37-15-5-7-20-45(37)59-48(38)30-36)56-53(55-51)57-44-29-34-14-4-3-13-33(34)28-43(44)41-19-9-18-40(50(41)57)39-17-10-22-47-49(39)42-16-6-8-21-46(42)58-47/h1-30H. The molecular formula is C53H30N4O2. The average molecular weight is 755 g/mol. The molecule has 13 aromatic rings. The molecule has 0 fully saturated rings. The van der Waals surface area contributed by atoms with Crippen molar-refractivity contribution in [2.75, 3.05) is 0 Å². The van der Waals surface area contributed by atoms with Gasteiger partial charge < -0.3 is 8.83 Å². The van der Waals surface area contributed by atoms with Crippen molar-refractivity contribution < 1.29 is 8.83 Å². The number of rotatable bonds is 4. The second-order valence-corrected chi connectivity index (χ2v) is 15.2. The second kappa shape index (κ2) is 12.2. The fourth-order valence-electron chi connectivity index (χ4n) is 9.09. The molecule has 0 aliphatic heterocycles. The molecule has 4 aromatic heterocycles. The minimum absolute atomic E-state index is 0.523. The van der Waals surface area contributed by atoms with Gasteiger partial charge in [0.15, 0.2) is 11.6 Å². The SMILES string of the molecule is c1ccc2cc(-c3nc(-c4ccc5c(c4)oc4ccccc45)nc(-n4c5cc6ccccc6cc5c5cccc(-c6cccc7oc8ccccc8c67)c54)n3)ccc2c1. The quantitative estimate of drug-likeness (QED) is 0.179. The van der Waals surface area contributed by atoms with Gasteiger partial charge in [0.2, 0.25) is 5.95 Å². The Morgan fingerprint density at radius 1 is 0.356 bits per heavy atom. The Labute approximate surface area is 336 Å². The third-order valence-corrected chi connectivity index (χ3v) is 11.8. The summed E-state index contributed by atoms with van der Waals surface area (Å²) in [6.07, 6.45) is 0. The molecule has 0 unspecified atom stereocenters. The van der Waals surface area contributed by atoms with E-state index in [1.54, 1.807) is 0 Å². The Balaban J connectivity index is 1.15. The number of furan rings is 2. The number of hydrogen-bond acceptors (Lipinski definition) is 5. The molecule has 4 heterocycles. The van der Waals surface area contributed by atoms with Crippen molar-refractivity contribution in [2.45, 2.75) is 0 Å². The van der Waals surface area contributed by atoms with Gasteiger partial charge in [0.1, 0.15) is 22.3 Å². The molecule has 0 radical (unpaired) electrons. The Hall–Kier alpha value is -8.09. The van der Waals surface area contributed by atoms with E-state index in [9.17, 15) is 0 Å². The van der Waals surface area contributed by atoms with E-state index in [0.29, 0.717) is 17.6 Å². The molecule has 0 N–H and O–H groups in total. The van der Waals surface area contributed by atoms with Crippen molar-refractivity contribution in [3.05, 3.63) is 182 Å². The Morgan fingerprint density at radius 2 is 0.932 bits per heavy atom. The van der Waals surface area contributed by atoms with Crippen LogP contribution >= 0.6 is 0 Å². The number of hydrogen-bond donors (Lipinski definition) is 0. The van der Waals surface area contributed by atoms with E-state index in [0.717, 1.165) is 104 Å². The molecule has 13 rings (SSSR count). The highest BCUT2D eigenvalue weighted by Gasteiger charge is 2.23. The Kier molecular flexibility index (Phi) is 6.63. The lowest BCUT2D eigenvalue weighted by molar-refractivity contribution is 0.668. The van der Waals surface area contributed by atoms with Crippen molar-refractivity contribution >= 4 is 87.2 Å². The highest BCUT2D eigenvalue weighted by molar-refractivity contribution is 6.20. The smallest absolute Gasteiger partial charge is 0.238 e. The van der Waals surface area contributed by atoms with Crippen molar-refractivity contribution in [3.63, 3.8) is 0 Å². The Bertz CT molecular complexity index is 3870. The summed E-state index contributed by atoms with van der Waals surface area (Å²) in [6.45, 7) is 0. The predicted octanol–water partition coefficient (Wildman–Crippen LogP) is 14.1. The van der Waals surface area contributed by atoms with Crippen LogP contribution in [0.2, 0.25) is 0 Å². The van der Waals surface area contributed by atoms with Crippen molar-refractivity contribution in [1.29, 1.82) is 0 Å². The summed E-state index contributed by atoms with van der Waals surface area (Å²) in [5, 5.41) is 11.1. The van der Waals surface area contributed by atoms with E-state index in [-0.39, 0.29) is 0 Å². The monoisotopic (exact) mass is 754 g/mol. The lowest BCUT2D eigenvalue weighted by atomic mass is 9.97. The molecule has 9 aromatic carbocycles. The van der Waals surface area contributed by atoms with E-state index in [2.05, 4.69) is 144 Å². The summed E-state index contributed by atoms with van der Waals surface area (Å²) in [6, 6.07) is 63.4. The van der Waals surface area contributed by atoms with Gasteiger partial charge in [-0.25, -0.2) is 4.98 Å². The van der Waals surface area contributed by atoms with Gasteiger partial charge in [0, 0.05) is 49.0 Å². The zero-order chi connectivity index (χ0) is 38.6. The maximum atomic E-state index is 6.42. The van der Waals surface area contributed by atoms with Crippen molar-refractivity contribution in [1.82, 2.24) is 19.5 Å². The van der Waals surface area contributed by atoms with E-state index < -0.39 is 0 Å². The summed E-state index contributed by atoms with van der Waals surface area (Å²) in [4.78, 5) is 16.0. The van der Waals surface area contributed by atoms with E-state index in [1.807, 2.05) is 42.5 Å². The molecule has 0 atom stereocenters. The first-order valence-corrected chi connectivity index (χ1v) is 19.8. The van der Waals surface area contributed by atoms with Crippen LogP contribution in [0.1, 0.15) is 0 Å².